The third kappa shape index (κ3) is 4.01. The van der Waals surface area contributed by atoms with Crippen LogP contribution in [0.15, 0.2) is 24.3 Å². The van der Waals surface area contributed by atoms with Crippen LogP contribution in [0.25, 0.3) is 10.0 Å². The number of aromatic nitrogens is 1. The zero-order chi connectivity index (χ0) is 16.8. The molecule has 6 heteroatoms. The van der Waals surface area contributed by atoms with Crippen LogP contribution >= 0.6 is 0 Å². The molecule has 0 aliphatic heterocycles. The Kier molecular flexibility index (Phi) is 5.97. The Bertz CT molecular complexity index is 734. The number of carbonyl (C=O) groups is 1. The van der Waals surface area contributed by atoms with E-state index in [-0.39, 0.29) is 20.5 Å². The van der Waals surface area contributed by atoms with E-state index in [4.69, 9.17) is 10.00 Å². The maximum atomic E-state index is 12.3. The number of benzene rings is 1. The Hall–Kier alpha value is -2.09. The van der Waals surface area contributed by atoms with Crippen molar-refractivity contribution in [3.63, 3.8) is 0 Å². The standard InChI is InChI=1S/C17H19N3O2Se/c1-4-22-16(21)14-15(13-9-6-5-8-12(13)2)23-17(19-14)20(3)11-7-10-18/h5-6,8-9H,4,7,11H2,1-3H3. The number of ether oxygens (including phenoxy) is 1. The zero-order valence-corrected chi connectivity index (χ0v) is 15.2. The average molecular weight is 376 g/mol. The molecule has 0 saturated heterocycles. The molecule has 0 aliphatic rings. The topological polar surface area (TPSA) is 66.2 Å². The van der Waals surface area contributed by atoms with E-state index in [1.807, 2.05) is 43.1 Å². The van der Waals surface area contributed by atoms with Crippen LogP contribution in [-0.4, -0.2) is 45.7 Å². The van der Waals surface area contributed by atoms with Crippen molar-refractivity contribution in [3.05, 3.63) is 35.5 Å². The van der Waals surface area contributed by atoms with Crippen molar-refractivity contribution in [1.29, 1.82) is 5.26 Å². The molecule has 120 valence electrons. The summed E-state index contributed by atoms with van der Waals surface area (Å²) in [6.07, 6.45) is 0.431. The molecule has 0 N–H and O–H groups in total. The maximum absolute atomic E-state index is 12.3. The van der Waals surface area contributed by atoms with Crippen LogP contribution in [-0.2, 0) is 4.74 Å². The number of carbonyl (C=O) groups excluding carboxylic acids is 1. The summed E-state index contributed by atoms with van der Waals surface area (Å²) in [4.78, 5) is 18.8. The molecule has 2 aromatic rings. The first-order valence-corrected chi connectivity index (χ1v) is 9.11. The van der Waals surface area contributed by atoms with Crippen molar-refractivity contribution < 1.29 is 9.53 Å². The first-order chi connectivity index (χ1) is 11.1. The van der Waals surface area contributed by atoms with Gasteiger partial charge in [0.2, 0.25) is 0 Å². The fraction of sp³-hybridized carbons (Fsp3) is 0.353. The third-order valence-corrected chi connectivity index (χ3v) is 5.88. The van der Waals surface area contributed by atoms with Gasteiger partial charge in [-0.15, -0.1) is 0 Å². The van der Waals surface area contributed by atoms with E-state index in [2.05, 4.69) is 11.1 Å². The first kappa shape index (κ1) is 17.3. The molecule has 1 aromatic carbocycles. The van der Waals surface area contributed by atoms with E-state index >= 15 is 0 Å². The predicted molar refractivity (Wildman–Crippen MR) is 90.8 cm³/mol. The van der Waals surface area contributed by atoms with Crippen LogP contribution in [0.3, 0.4) is 0 Å². The van der Waals surface area contributed by atoms with Gasteiger partial charge in [0.1, 0.15) is 0 Å². The zero-order valence-electron chi connectivity index (χ0n) is 13.5. The summed E-state index contributed by atoms with van der Waals surface area (Å²) >= 11 is -0.0849. The van der Waals surface area contributed by atoms with Gasteiger partial charge in [0.05, 0.1) is 0 Å². The van der Waals surface area contributed by atoms with Gasteiger partial charge in [-0.1, -0.05) is 0 Å². The molecule has 1 aromatic heterocycles. The Labute approximate surface area is 142 Å². The number of esters is 1. The average Bonchev–Trinajstić information content (AvgIpc) is 2.98. The van der Waals surface area contributed by atoms with Crippen molar-refractivity contribution in [2.24, 2.45) is 0 Å². The summed E-state index contributed by atoms with van der Waals surface area (Å²) in [7, 11) is 1.90. The number of aryl methyl sites for hydroxylation is 1. The Morgan fingerprint density at radius 2 is 2.17 bits per heavy atom. The van der Waals surface area contributed by atoms with Crippen molar-refractivity contribution in [2.75, 3.05) is 25.1 Å². The Balaban J connectivity index is 2.47. The van der Waals surface area contributed by atoms with Gasteiger partial charge in [0.25, 0.3) is 0 Å². The molecular weight excluding hydrogens is 357 g/mol. The molecule has 23 heavy (non-hydrogen) atoms. The molecule has 0 bridgehead atoms. The van der Waals surface area contributed by atoms with E-state index in [1.54, 1.807) is 6.92 Å². The van der Waals surface area contributed by atoms with Gasteiger partial charge in [0, 0.05) is 0 Å². The SMILES string of the molecule is CCOC(=O)c1nc(N(C)CCC#N)[se]c1-c1ccccc1C. The molecule has 0 aliphatic carbocycles. The first-order valence-electron chi connectivity index (χ1n) is 7.40. The molecule has 0 saturated carbocycles. The molecule has 0 fully saturated rings. The van der Waals surface area contributed by atoms with Gasteiger partial charge in [-0.2, -0.15) is 0 Å². The van der Waals surface area contributed by atoms with E-state index in [0.717, 1.165) is 20.3 Å². The normalized spacial score (nSPS) is 10.2. The predicted octanol–water partition coefficient (Wildman–Crippen LogP) is 2.64. The summed E-state index contributed by atoms with van der Waals surface area (Å²) in [5, 5.41) is 8.74. The summed E-state index contributed by atoms with van der Waals surface area (Å²) in [5.41, 5.74) is 2.56. The Morgan fingerprint density at radius 1 is 1.43 bits per heavy atom. The summed E-state index contributed by atoms with van der Waals surface area (Å²) < 4.78 is 6.97. The number of nitriles is 1. The molecule has 2 rings (SSSR count). The summed E-state index contributed by atoms with van der Waals surface area (Å²) in [5.74, 6) is -0.378. The van der Waals surface area contributed by atoms with Gasteiger partial charge < -0.3 is 0 Å². The second-order valence-electron chi connectivity index (χ2n) is 5.04. The van der Waals surface area contributed by atoms with E-state index < -0.39 is 0 Å². The molecule has 0 spiro atoms. The van der Waals surface area contributed by atoms with Crippen LogP contribution in [0.2, 0.25) is 0 Å². The van der Waals surface area contributed by atoms with Crippen LogP contribution in [0.4, 0.5) is 4.69 Å². The quantitative estimate of drug-likeness (QED) is 0.573. The van der Waals surface area contributed by atoms with Gasteiger partial charge in [0.15, 0.2) is 0 Å². The number of hydrogen-bond acceptors (Lipinski definition) is 5. The van der Waals surface area contributed by atoms with Gasteiger partial charge >= 0.3 is 142 Å². The molecule has 0 atom stereocenters. The Morgan fingerprint density at radius 3 is 2.83 bits per heavy atom. The second-order valence-corrected chi connectivity index (χ2v) is 7.09. The number of nitrogens with zero attached hydrogens (tertiary/aromatic N) is 3. The van der Waals surface area contributed by atoms with Crippen molar-refractivity contribution in [1.82, 2.24) is 4.98 Å². The minimum absolute atomic E-state index is 0.0849. The van der Waals surface area contributed by atoms with Crippen molar-refractivity contribution >= 4 is 25.2 Å². The van der Waals surface area contributed by atoms with Crippen LogP contribution in [0, 0.1) is 18.3 Å². The molecular formula is C17H19N3O2Se. The molecule has 0 radical (unpaired) electrons. The van der Waals surface area contributed by atoms with Crippen molar-refractivity contribution in [2.45, 2.75) is 20.3 Å². The minimum atomic E-state index is -0.378. The van der Waals surface area contributed by atoms with Crippen molar-refractivity contribution in [3.8, 4) is 16.1 Å². The molecule has 5 nitrogen and oxygen atoms in total. The fourth-order valence-electron chi connectivity index (χ4n) is 2.13. The summed E-state index contributed by atoms with van der Waals surface area (Å²) in [6, 6.07) is 10.1. The fourth-order valence-corrected chi connectivity index (χ4v) is 4.51. The van der Waals surface area contributed by atoms with Gasteiger partial charge in [-0.05, 0) is 0 Å². The number of rotatable bonds is 6. The van der Waals surface area contributed by atoms with E-state index in [1.165, 1.54) is 0 Å². The van der Waals surface area contributed by atoms with E-state index in [0.29, 0.717) is 25.3 Å². The molecule has 0 amide bonds. The molecule has 1 heterocycles. The van der Waals surface area contributed by atoms with Gasteiger partial charge in [-0.25, -0.2) is 0 Å². The molecule has 0 unspecified atom stereocenters. The summed E-state index contributed by atoms with van der Waals surface area (Å²) in [6.45, 7) is 4.74. The number of anilines is 1. The van der Waals surface area contributed by atoms with E-state index in [9.17, 15) is 4.79 Å². The second kappa shape index (κ2) is 7.96. The van der Waals surface area contributed by atoms with Gasteiger partial charge in [-0.3, -0.25) is 0 Å². The third-order valence-electron chi connectivity index (χ3n) is 3.36. The van der Waals surface area contributed by atoms with Crippen LogP contribution < -0.4 is 4.90 Å². The number of hydrogen-bond donors (Lipinski definition) is 0. The van der Waals surface area contributed by atoms with Crippen LogP contribution in [0.1, 0.15) is 29.4 Å². The van der Waals surface area contributed by atoms with Crippen LogP contribution in [0.5, 0.6) is 0 Å². The monoisotopic (exact) mass is 377 g/mol.